The van der Waals surface area contributed by atoms with Crippen molar-refractivity contribution in [3.8, 4) is 0 Å². The lowest BCUT2D eigenvalue weighted by molar-refractivity contribution is -0.359. The second kappa shape index (κ2) is 48.6. The number of unbranched alkanes of at least 4 members (excludes halogenated alkanes) is 31. The quantitative estimate of drug-likeness (QED) is 0.0204. The average molecular weight is 1090 g/mol. The molecular weight excluding hydrogens is 979 g/mol. The Labute approximate surface area is 467 Å². The van der Waals surface area contributed by atoms with Gasteiger partial charge in [0.2, 0.25) is 5.91 Å². The van der Waals surface area contributed by atoms with E-state index in [0.717, 1.165) is 44.9 Å². The number of carbonyl (C=O) groups is 1. The Morgan fingerprint density at radius 1 is 0.455 bits per heavy atom. The lowest BCUT2D eigenvalue weighted by atomic mass is 9.97. The summed E-state index contributed by atoms with van der Waals surface area (Å²) in [7, 11) is 0. The zero-order valence-corrected chi connectivity index (χ0v) is 48.5. The molecule has 9 N–H and O–H groups in total. The van der Waals surface area contributed by atoms with E-state index in [1.807, 2.05) is 6.08 Å². The van der Waals surface area contributed by atoms with Crippen LogP contribution in [0.4, 0.5) is 0 Å². The molecule has 2 heterocycles. The number of hydrogen-bond donors (Lipinski definition) is 9. The monoisotopic (exact) mass is 1090 g/mol. The summed E-state index contributed by atoms with van der Waals surface area (Å²) < 4.78 is 22.8. The van der Waals surface area contributed by atoms with Gasteiger partial charge < -0.3 is 65.1 Å². The van der Waals surface area contributed by atoms with Gasteiger partial charge in [-0.3, -0.25) is 4.79 Å². The van der Waals surface area contributed by atoms with Crippen molar-refractivity contribution >= 4 is 5.91 Å². The summed E-state index contributed by atoms with van der Waals surface area (Å²) in [5.74, 6) is -0.252. The van der Waals surface area contributed by atoms with Crippen molar-refractivity contribution in [3.05, 3.63) is 48.6 Å². The molecule has 2 saturated heterocycles. The Morgan fingerprint density at radius 3 is 1.27 bits per heavy atom. The van der Waals surface area contributed by atoms with Crippen molar-refractivity contribution in [1.29, 1.82) is 0 Å². The van der Waals surface area contributed by atoms with E-state index in [0.29, 0.717) is 12.8 Å². The summed E-state index contributed by atoms with van der Waals surface area (Å²) in [6, 6.07) is -0.938. The molecule has 12 atom stereocenters. The van der Waals surface area contributed by atoms with Crippen LogP contribution in [0, 0.1) is 0 Å². The van der Waals surface area contributed by atoms with Crippen LogP contribution in [0.3, 0.4) is 0 Å². The van der Waals surface area contributed by atoms with Crippen LogP contribution in [0.1, 0.15) is 251 Å². The van der Waals surface area contributed by atoms with Gasteiger partial charge in [0.1, 0.15) is 48.8 Å². The number of amides is 1. The first-order valence-electron chi connectivity index (χ1n) is 31.4. The summed E-state index contributed by atoms with van der Waals surface area (Å²) in [5, 5.41) is 87.1. The van der Waals surface area contributed by atoms with Gasteiger partial charge in [-0.25, -0.2) is 0 Å². The molecule has 0 aromatic heterocycles. The zero-order chi connectivity index (χ0) is 56.0. The highest BCUT2D eigenvalue weighted by molar-refractivity contribution is 5.76. The standard InChI is InChI=1S/C63H115NO13/c1-3-5-7-9-11-13-15-17-19-21-23-24-25-26-27-28-29-31-33-35-37-39-41-43-45-47-55(68)64-51(52(67)46-44-42-40-38-36-34-32-30-22-20-18-16-14-12-10-8-6-4-2)50-74-62-60(73)58(71)61(54(49-66)76-62)77-63-59(72)57(70)56(69)53(48-65)75-63/h21-23,30,36,38,44,46,51-54,56-63,65-67,69-73H,3-20,24-29,31-35,37,39-43,45,47-50H2,1-2H3,(H,64,68)/b23-21-,30-22+,38-36+,46-44+. The first-order chi connectivity index (χ1) is 37.6. The van der Waals surface area contributed by atoms with Crippen molar-refractivity contribution in [1.82, 2.24) is 5.32 Å². The van der Waals surface area contributed by atoms with Crippen molar-refractivity contribution in [3.63, 3.8) is 0 Å². The minimum Gasteiger partial charge on any atom is -0.394 e. The van der Waals surface area contributed by atoms with E-state index in [1.165, 1.54) is 173 Å². The van der Waals surface area contributed by atoms with Crippen LogP contribution in [-0.4, -0.2) is 140 Å². The fourth-order valence-corrected chi connectivity index (χ4v) is 10.1. The van der Waals surface area contributed by atoms with Crippen LogP contribution in [0.15, 0.2) is 48.6 Å². The molecule has 0 aliphatic carbocycles. The molecule has 0 aromatic rings. The fourth-order valence-electron chi connectivity index (χ4n) is 10.1. The Morgan fingerprint density at radius 2 is 0.831 bits per heavy atom. The third-order valence-corrected chi connectivity index (χ3v) is 15.2. The molecule has 0 spiro atoms. The van der Waals surface area contributed by atoms with Gasteiger partial charge in [-0.1, -0.05) is 223 Å². The summed E-state index contributed by atoms with van der Waals surface area (Å²) >= 11 is 0. The molecule has 77 heavy (non-hydrogen) atoms. The van der Waals surface area contributed by atoms with Crippen LogP contribution in [0.25, 0.3) is 0 Å². The molecule has 0 radical (unpaired) electrons. The van der Waals surface area contributed by atoms with Crippen LogP contribution < -0.4 is 5.32 Å². The third kappa shape index (κ3) is 34.1. The van der Waals surface area contributed by atoms with Gasteiger partial charge >= 0.3 is 0 Å². The van der Waals surface area contributed by atoms with Crippen molar-refractivity contribution in [2.24, 2.45) is 0 Å². The Bertz CT molecular complexity index is 1480. The highest BCUT2D eigenvalue weighted by Crippen LogP contribution is 2.30. The maximum Gasteiger partial charge on any atom is 0.220 e. The topological polar surface area (TPSA) is 228 Å². The molecule has 12 unspecified atom stereocenters. The van der Waals surface area contributed by atoms with Gasteiger partial charge in [0, 0.05) is 6.42 Å². The van der Waals surface area contributed by atoms with Gasteiger partial charge in [0.05, 0.1) is 32.0 Å². The lowest BCUT2D eigenvalue weighted by Crippen LogP contribution is -2.65. The molecule has 450 valence electrons. The highest BCUT2D eigenvalue weighted by Gasteiger charge is 2.51. The van der Waals surface area contributed by atoms with E-state index < -0.39 is 86.8 Å². The van der Waals surface area contributed by atoms with Gasteiger partial charge in [-0.05, 0) is 70.6 Å². The number of aliphatic hydroxyl groups excluding tert-OH is 8. The maximum atomic E-state index is 13.3. The smallest absolute Gasteiger partial charge is 0.220 e. The largest absolute Gasteiger partial charge is 0.394 e. The number of aliphatic hydroxyl groups is 8. The molecule has 0 bridgehead atoms. The van der Waals surface area contributed by atoms with Gasteiger partial charge in [0.15, 0.2) is 12.6 Å². The van der Waals surface area contributed by atoms with E-state index >= 15 is 0 Å². The summed E-state index contributed by atoms with van der Waals surface area (Å²) in [5.41, 5.74) is 0. The fraction of sp³-hybridized carbons (Fsp3) is 0.857. The number of rotatable bonds is 50. The first kappa shape index (κ1) is 71.1. The summed E-state index contributed by atoms with van der Waals surface area (Å²) in [6.07, 6.45) is 44.4. The van der Waals surface area contributed by atoms with Crippen LogP contribution in [0.2, 0.25) is 0 Å². The highest BCUT2D eigenvalue weighted by atomic mass is 16.7. The first-order valence-corrected chi connectivity index (χ1v) is 31.4. The SMILES string of the molecule is CCCCCCCCCC/C=C\CCCCCCCCCCCCCCCC(=O)NC(COC1OC(CO)C(OC2OC(CO)C(O)C(O)C2O)C(O)C1O)C(O)/C=C/CC/C=C/CC/C=C/CCCCCCCCCC. The molecule has 2 fully saturated rings. The predicted molar refractivity (Wildman–Crippen MR) is 309 cm³/mol. The van der Waals surface area contributed by atoms with E-state index in [1.54, 1.807) is 6.08 Å². The predicted octanol–water partition coefficient (Wildman–Crippen LogP) is 11.2. The molecule has 2 aliphatic rings. The van der Waals surface area contributed by atoms with Crippen LogP contribution in [-0.2, 0) is 23.7 Å². The van der Waals surface area contributed by atoms with E-state index in [4.69, 9.17) is 18.9 Å². The molecular formula is C63H115NO13. The third-order valence-electron chi connectivity index (χ3n) is 15.2. The molecule has 14 heteroatoms. The number of nitrogens with one attached hydrogen (secondary N) is 1. The van der Waals surface area contributed by atoms with E-state index in [9.17, 15) is 45.6 Å². The molecule has 2 aliphatic heterocycles. The minimum absolute atomic E-state index is 0.252. The molecule has 0 aromatic carbocycles. The van der Waals surface area contributed by atoms with Crippen molar-refractivity contribution in [2.45, 2.75) is 325 Å². The van der Waals surface area contributed by atoms with Gasteiger partial charge in [-0.15, -0.1) is 0 Å². The molecule has 2 rings (SSSR count). The Balaban J connectivity index is 1.75. The van der Waals surface area contributed by atoms with Crippen LogP contribution in [0.5, 0.6) is 0 Å². The molecule has 1 amide bonds. The number of ether oxygens (including phenoxy) is 4. The number of allylic oxidation sites excluding steroid dienone is 7. The Kier molecular flexibility index (Phi) is 44.9. The number of carbonyl (C=O) groups excluding carboxylic acids is 1. The minimum atomic E-state index is -1.79. The maximum absolute atomic E-state index is 13.3. The van der Waals surface area contributed by atoms with E-state index in [2.05, 4.69) is 55.6 Å². The van der Waals surface area contributed by atoms with E-state index in [-0.39, 0.29) is 18.9 Å². The lowest BCUT2D eigenvalue weighted by Gasteiger charge is -2.46. The molecule has 14 nitrogen and oxygen atoms in total. The average Bonchev–Trinajstić information content (AvgIpc) is 3.44. The summed E-state index contributed by atoms with van der Waals surface area (Å²) in [4.78, 5) is 13.3. The second-order valence-corrected chi connectivity index (χ2v) is 22.2. The van der Waals surface area contributed by atoms with Gasteiger partial charge in [0.25, 0.3) is 0 Å². The number of hydrogen-bond acceptors (Lipinski definition) is 13. The van der Waals surface area contributed by atoms with Crippen molar-refractivity contribution < 1.29 is 64.6 Å². The van der Waals surface area contributed by atoms with Gasteiger partial charge in [-0.2, -0.15) is 0 Å². The summed E-state index contributed by atoms with van der Waals surface area (Å²) in [6.45, 7) is 2.78. The Hall–Kier alpha value is -2.05. The second-order valence-electron chi connectivity index (χ2n) is 22.2. The molecule has 0 saturated carbocycles. The zero-order valence-electron chi connectivity index (χ0n) is 48.5. The normalized spacial score (nSPS) is 25.0. The van der Waals surface area contributed by atoms with Crippen LogP contribution >= 0.6 is 0 Å². The van der Waals surface area contributed by atoms with Crippen molar-refractivity contribution in [2.75, 3.05) is 19.8 Å².